The molecule has 3 rings (SSSR count). The number of halogens is 3. The summed E-state index contributed by atoms with van der Waals surface area (Å²) < 4.78 is 12.3. The Bertz CT molecular complexity index is 1110. The maximum absolute atomic E-state index is 12.3. The molecule has 0 aliphatic heterocycles. The number of nitrogens with zero attached hydrogens (tertiary/aromatic N) is 1. The van der Waals surface area contributed by atoms with Crippen molar-refractivity contribution in [3.8, 4) is 11.5 Å². The van der Waals surface area contributed by atoms with E-state index < -0.39 is 0 Å². The Morgan fingerprint density at radius 1 is 1.10 bits per heavy atom. The Balaban J connectivity index is 1.73. The van der Waals surface area contributed by atoms with Crippen molar-refractivity contribution in [2.45, 2.75) is 13.5 Å². The van der Waals surface area contributed by atoms with Gasteiger partial charge in [-0.05, 0) is 70.4 Å². The fraction of sp³-hybridized carbons (Fsp3) is 0.130. The summed E-state index contributed by atoms with van der Waals surface area (Å²) in [6, 6.07) is 17.9. The van der Waals surface area contributed by atoms with Crippen LogP contribution in [0.25, 0.3) is 0 Å². The Labute approximate surface area is 199 Å². The minimum Gasteiger partial charge on any atom is -0.490 e. The number of carbonyl (C=O) groups is 1. The summed E-state index contributed by atoms with van der Waals surface area (Å²) >= 11 is 15.8. The summed E-state index contributed by atoms with van der Waals surface area (Å²) in [6.45, 7) is 2.59. The molecule has 3 aromatic rings. The summed E-state index contributed by atoms with van der Waals surface area (Å²) in [7, 11) is 0. The number of hydrazone groups is 1. The average molecular weight is 522 g/mol. The molecule has 3 aromatic carbocycles. The van der Waals surface area contributed by atoms with Crippen LogP contribution in [0.5, 0.6) is 11.5 Å². The zero-order valence-corrected chi connectivity index (χ0v) is 19.7. The van der Waals surface area contributed by atoms with Gasteiger partial charge in [-0.15, -0.1) is 0 Å². The lowest BCUT2D eigenvalue weighted by atomic mass is 10.2. The molecule has 0 fully saturated rings. The third kappa shape index (κ3) is 6.47. The average Bonchev–Trinajstić information content (AvgIpc) is 2.73. The largest absolute Gasteiger partial charge is 0.490 e. The third-order valence-corrected chi connectivity index (χ3v) is 5.31. The first-order valence-corrected chi connectivity index (χ1v) is 10.9. The predicted molar refractivity (Wildman–Crippen MR) is 128 cm³/mol. The van der Waals surface area contributed by atoms with E-state index in [1.807, 2.05) is 31.2 Å². The van der Waals surface area contributed by atoms with Gasteiger partial charge in [-0.3, -0.25) is 4.79 Å². The van der Waals surface area contributed by atoms with Gasteiger partial charge in [0.05, 0.1) is 23.4 Å². The van der Waals surface area contributed by atoms with E-state index >= 15 is 0 Å². The lowest BCUT2D eigenvalue weighted by Gasteiger charge is -2.14. The van der Waals surface area contributed by atoms with Crippen LogP contribution in [0.2, 0.25) is 10.0 Å². The molecule has 0 atom stereocenters. The van der Waals surface area contributed by atoms with Gasteiger partial charge in [0.2, 0.25) is 0 Å². The molecule has 0 aliphatic rings. The summed E-state index contributed by atoms with van der Waals surface area (Å²) in [4.78, 5) is 12.3. The Morgan fingerprint density at radius 3 is 2.65 bits per heavy atom. The van der Waals surface area contributed by atoms with Gasteiger partial charge in [-0.1, -0.05) is 47.5 Å². The second-order valence-corrected chi connectivity index (χ2v) is 8.06. The van der Waals surface area contributed by atoms with Crippen molar-refractivity contribution in [1.29, 1.82) is 0 Å². The van der Waals surface area contributed by atoms with Crippen LogP contribution in [0.3, 0.4) is 0 Å². The van der Waals surface area contributed by atoms with Crippen LogP contribution in [-0.2, 0) is 6.61 Å². The van der Waals surface area contributed by atoms with Gasteiger partial charge >= 0.3 is 0 Å². The summed E-state index contributed by atoms with van der Waals surface area (Å²) in [5, 5.41) is 5.02. The summed E-state index contributed by atoms with van der Waals surface area (Å²) in [5.41, 5.74) is 4.54. The van der Waals surface area contributed by atoms with Crippen LogP contribution in [-0.4, -0.2) is 18.7 Å². The minimum absolute atomic E-state index is 0.288. The number of hydrogen-bond acceptors (Lipinski definition) is 4. The van der Waals surface area contributed by atoms with Gasteiger partial charge in [-0.2, -0.15) is 5.10 Å². The molecule has 5 nitrogen and oxygen atoms in total. The quantitative estimate of drug-likeness (QED) is 0.272. The molecule has 1 N–H and O–H groups in total. The number of nitrogens with one attached hydrogen (secondary N) is 1. The molecule has 0 heterocycles. The molecule has 0 aliphatic carbocycles. The number of amides is 1. The Kier molecular flexibility index (Phi) is 8.35. The highest BCUT2D eigenvalue weighted by Crippen LogP contribution is 2.37. The number of rotatable bonds is 8. The lowest BCUT2D eigenvalue weighted by molar-refractivity contribution is 0.0954. The molecule has 0 aromatic heterocycles. The second kappa shape index (κ2) is 11.2. The number of carbonyl (C=O) groups excluding carboxylic acids is 1. The monoisotopic (exact) mass is 520 g/mol. The van der Waals surface area contributed by atoms with Crippen LogP contribution in [0, 0.1) is 0 Å². The van der Waals surface area contributed by atoms with E-state index in [0.717, 1.165) is 5.56 Å². The molecule has 0 radical (unpaired) electrons. The smallest absolute Gasteiger partial charge is 0.272 e. The van der Waals surface area contributed by atoms with E-state index in [4.69, 9.17) is 32.7 Å². The first kappa shape index (κ1) is 23.1. The van der Waals surface area contributed by atoms with Crippen LogP contribution < -0.4 is 14.9 Å². The standard InChI is InChI=1S/C23H19BrCl2N2O3/c1-2-30-21-12-16(13-27-28-23(29)18-8-3-4-9-19(18)24)11-20(26)22(21)31-14-15-6-5-7-17(25)10-15/h3-13H,2,14H2,1H3,(H,28,29)/b27-13+. The number of benzene rings is 3. The summed E-state index contributed by atoms with van der Waals surface area (Å²) in [5.74, 6) is 0.579. The van der Waals surface area contributed by atoms with Crippen molar-refractivity contribution in [2.75, 3.05) is 6.61 Å². The van der Waals surface area contributed by atoms with Crippen LogP contribution >= 0.6 is 39.1 Å². The van der Waals surface area contributed by atoms with Crippen molar-refractivity contribution in [3.63, 3.8) is 0 Å². The lowest BCUT2D eigenvalue weighted by Crippen LogP contribution is -2.18. The highest BCUT2D eigenvalue weighted by molar-refractivity contribution is 9.10. The maximum Gasteiger partial charge on any atom is 0.272 e. The maximum atomic E-state index is 12.3. The molecular weight excluding hydrogens is 503 g/mol. The third-order valence-electron chi connectivity index (χ3n) is 4.10. The van der Waals surface area contributed by atoms with Crippen molar-refractivity contribution in [1.82, 2.24) is 5.43 Å². The molecule has 8 heteroatoms. The Hall–Kier alpha value is -2.54. The van der Waals surface area contributed by atoms with E-state index in [9.17, 15) is 4.79 Å². The van der Waals surface area contributed by atoms with Crippen molar-refractivity contribution >= 4 is 51.3 Å². The molecule has 0 bridgehead atoms. The van der Waals surface area contributed by atoms with Crippen molar-refractivity contribution in [2.24, 2.45) is 5.10 Å². The molecule has 0 spiro atoms. The van der Waals surface area contributed by atoms with E-state index in [0.29, 0.717) is 43.8 Å². The number of hydrogen-bond donors (Lipinski definition) is 1. The fourth-order valence-electron chi connectivity index (χ4n) is 2.72. The van der Waals surface area contributed by atoms with Gasteiger partial charge in [-0.25, -0.2) is 5.43 Å². The molecular formula is C23H19BrCl2N2O3. The molecule has 31 heavy (non-hydrogen) atoms. The van der Waals surface area contributed by atoms with Crippen LogP contribution in [0.15, 0.2) is 70.2 Å². The molecule has 1 amide bonds. The Morgan fingerprint density at radius 2 is 1.90 bits per heavy atom. The fourth-order valence-corrected chi connectivity index (χ4v) is 3.67. The highest BCUT2D eigenvalue weighted by Gasteiger charge is 2.13. The van der Waals surface area contributed by atoms with Gasteiger partial charge in [0, 0.05) is 9.50 Å². The first-order chi connectivity index (χ1) is 15.0. The zero-order valence-electron chi connectivity index (χ0n) is 16.6. The summed E-state index contributed by atoms with van der Waals surface area (Å²) in [6.07, 6.45) is 1.49. The SMILES string of the molecule is CCOc1cc(/C=N/NC(=O)c2ccccc2Br)cc(Cl)c1OCc1cccc(Cl)c1. The van der Waals surface area contributed by atoms with Crippen molar-refractivity contribution < 1.29 is 14.3 Å². The van der Waals surface area contributed by atoms with Gasteiger partial charge in [0.1, 0.15) is 6.61 Å². The van der Waals surface area contributed by atoms with Crippen LogP contribution in [0.4, 0.5) is 0 Å². The predicted octanol–water partition coefficient (Wildman–Crippen LogP) is 6.50. The van der Waals surface area contributed by atoms with Gasteiger partial charge < -0.3 is 9.47 Å². The second-order valence-electron chi connectivity index (χ2n) is 6.36. The highest BCUT2D eigenvalue weighted by atomic mass is 79.9. The molecule has 160 valence electrons. The van der Waals surface area contributed by atoms with Crippen molar-refractivity contribution in [3.05, 3.63) is 91.9 Å². The minimum atomic E-state index is -0.332. The van der Waals surface area contributed by atoms with E-state index in [1.165, 1.54) is 6.21 Å². The number of ether oxygens (including phenoxy) is 2. The first-order valence-electron chi connectivity index (χ1n) is 9.39. The van der Waals surface area contributed by atoms with Gasteiger partial charge in [0.15, 0.2) is 11.5 Å². The van der Waals surface area contributed by atoms with E-state index in [1.54, 1.807) is 36.4 Å². The van der Waals surface area contributed by atoms with Crippen LogP contribution in [0.1, 0.15) is 28.4 Å². The molecule has 0 saturated heterocycles. The molecule has 0 saturated carbocycles. The molecule has 0 unspecified atom stereocenters. The zero-order chi connectivity index (χ0) is 22.2. The van der Waals surface area contributed by atoms with Gasteiger partial charge in [0.25, 0.3) is 5.91 Å². The topological polar surface area (TPSA) is 59.9 Å². The van der Waals surface area contributed by atoms with E-state index in [2.05, 4.69) is 26.5 Å². The normalized spacial score (nSPS) is 10.8. The van der Waals surface area contributed by atoms with E-state index in [-0.39, 0.29) is 12.5 Å².